The normalized spacial score (nSPS) is 20.8. The number of nitrogens with zero attached hydrogens (tertiary/aromatic N) is 1. The van der Waals surface area contributed by atoms with Crippen LogP contribution in [0.15, 0.2) is 35.7 Å². The molecule has 20 heavy (non-hydrogen) atoms. The van der Waals surface area contributed by atoms with Crippen molar-refractivity contribution in [1.82, 2.24) is 4.98 Å². The highest BCUT2D eigenvalue weighted by Gasteiger charge is 2.19. The van der Waals surface area contributed by atoms with E-state index in [1.165, 1.54) is 17.0 Å². The second kappa shape index (κ2) is 6.48. The highest BCUT2D eigenvalue weighted by Crippen LogP contribution is 2.28. The van der Waals surface area contributed by atoms with Crippen LogP contribution in [-0.2, 0) is 11.2 Å². The molecule has 3 rings (SSSR count). The Bertz CT molecular complexity index is 534. The van der Waals surface area contributed by atoms with Gasteiger partial charge < -0.3 is 10.5 Å². The molecular weight excluding hydrogens is 268 g/mol. The molecule has 2 N–H and O–H groups in total. The standard InChI is InChI=1S/C16H20N2OS/c17-15(12-5-2-1-3-6-12)9-14-11-20-16(18-14)13-7-4-8-19-10-13/h1-3,5-6,11,13,15H,4,7-10,17H2. The van der Waals surface area contributed by atoms with Crippen LogP contribution in [0.1, 0.15) is 41.1 Å². The summed E-state index contributed by atoms with van der Waals surface area (Å²) in [7, 11) is 0. The first-order valence-corrected chi connectivity index (χ1v) is 8.03. The van der Waals surface area contributed by atoms with E-state index >= 15 is 0 Å². The van der Waals surface area contributed by atoms with Gasteiger partial charge in [0.05, 0.1) is 17.3 Å². The summed E-state index contributed by atoms with van der Waals surface area (Å²) in [5.74, 6) is 0.482. The van der Waals surface area contributed by atoms with E-state index in [4.69, 9.17) is 15.5 Å². The van der Waals surface area contributed by atoms with Crippen molar-refractivity contribution in [1.29, 1.82) is 0 Å². The minimum absolute atomic E-state index is 0.0220. The molecule has 2 aromatic rings. The number of hydrogen-bond acceptors (Lipinski definition) is 4. The summed E-state index contributed by atoms with van der Waals surface area (Å²) in [4.78, 5) is 4.76. The van der Waals surface area contributed by atoms with Crippen molar-refractivity contribution >= 4 is 11.3 Å². The molecule has 1 fully saturated rings. The van der Waals surface area contributed by atoms with Crippen molar-refractivity contribution in [2.24, 2.45) is 5.73 Å². The Hall–Kier alpha value is -1.23. The van der Waals surface area contributed by atoms with Gasteiger partial charge in [-0.2, -0.15) is 0 Å². The molecule has 1 aromatic heterocycles. The number of benzene rings is 1. The van der Waals surface area contributed by atoms with Gasteiger partial charge in [0.25, 0.3) is 0 Å². The molecule has 1 saturated heterocycles. The first kappa shape index (κ1) is 13.7. The monoisotopic (exact) mass is 288 g/mol. The summed E-state index contributed by atoms with van der Waals surface area (Å²) in [5.41, 5.74) is 8.53. The summed E-state index contributed by atoms with van der Waals surface area (Å²) < 4.78 is 5.54. The van der Waals surface area contributed by atoms with Crippen LogP contribution >= 0.6 is 11.3 Å². The molecule has 3 nitrogen and oxygen atoms in total. The molecule has 0 radical (unpaired) electrons. The van der Waals surface area contributed by atoms with Gasteiger partial charge in [0.15, 0.2) is 0 Å². The van der Waals surface area contributed by atoms with Crippen LogP contribution in [-0.4, -0.2) is 18.2 Å². The lowest BCUT2D eigenvalue weighted by atomic mass is 10.0. The Balaban J connectivity index is 1.65. The molecular formula is C16H20N2OS. The SMILES string of the molecule is NC(Cc1csc(C2CCCOC2)n1)c1ccccc1. The number of ether oxygens (including phenoxy) is 1. The lowest BCUT2D eigenvalue weighted by molar-refractivity contribution is 0.0803. The van der Waals surface area contributed by atoms with Crippen LogP contribution in [0.25, 0.3) is 0 Å². The van der Waals surface area contributed by atoms with Crippen molar-refractivity contribution in [3.63, 3.8) is 0 Å². The summed E-state index contributed by atoms with van der Waals surface area (Å²) in [5, 5.41) is 3.35. The van der Waals surface area contributed by atoms with Crippen LogP contribution in [0, 0.1) is 0 Å². The molecule has 0 aliphatic carbocycles. The molecule has 2 heterocycles. The quantitative estimate of drug-likeness (QED) is 0.939. The lowest BCUT2D eigenvalue weighted by Gasteiger charge is -2.19. The van der Waals surface area contributed by atoms with Gasteiger partial charge >= 0.3 is 0 Å². The van der Waals surface area contributed by atoms with Gasteiger partial charge in [0.2, 0.25) is 0 Å². The van der Waals surface area contributed by atoms with E-state index in [0.717, 1.165) is 31.7 Å². The number of rotatable bonds is 4. The van der Waals surface area contributed by atoms with Crippen molar-refractivity contribution < 1.29 is 4.74 Å². The smallest absolute Gasteiger partial charge is 0.0982 e. The number of nitrogens with two attached hydrogens (primary N) is 1. The average Bonchev–Trinajstić information content (AvgIpc) is 2.97. The largest absolute Gasteiger partial charge is 0.381 e. The van der Waals surface area contributed by atoms with Crippen LogP contribution in [0.5, 0.6) is 0 Å². The Morgan fingerprint density at radius 3 is 2.95 bits per heavy atom. The fourth-order valence-corrected chi connectivity index (χ4v) is 3.54. The molecule has 4 heteroatoms. The minimum atomic E-state index is 0.0220. The first-order chi connectivity index (χ1) is 9.83. The molecule has 0 spiro atoms. The van der Waals surface area contributed by atoms with Crippen LogP contribution < -0.4 is 5.73 Å². The van der Waals surface area contributed by atoms with E-state index < -0.39 is 0 Å². The van der Waals surface area contributed by atoms with Gasteiger partial charge in [-0.1, -0.05) is 30.3 Å². The topological polar surface area (TPSA) is 48.1 Å². The average molecular weight is 288 g/mol. The summed E-state index contributed by atoms with van der Waals surface area (Å²) in [6.07, 6.45) is 3.13. The fourth-order valence-electron chi connectivity index (χ4n) is 2.58. The molecule has 106 valence electrons. The molecule has 1 aliphatic heterocycles. The second-order valence-corrected chi connectivity index (χ2v) is 6.20. The zero-order valence-electron chi connectivity index (χ0n) is 11.5. The van der Waals surface area contributed by atoms with E-state index in [1.54, 1.807) is 11.3 Å². The first-order valence-electron chi connectivity index (χ1n) is 7.15. The van der Waals surface area contributed by atoms with Crippen LogP contribution in [0.4, 0.5) is 0 Å². The Morgan fingerprint density at radius 1 is 1.35 bits per heavy atom. The Kier molecular flexibility index (Phi) is 4.45. The zero-order valence-corrected chi connectivity index (χ0v) is 12.3. The van der Waals surface area contributed by atoms with Gasteiger partial charge in [-0.25, -0.2) is 4.98 Å². The number of thiazole rings is 1. The zero-order chi connectivity index (χ0) is 13.8. The summed E-state index contributed by atoms with van der Waals surface area (Å²) in [6.45, 7) is 1.71. The maximum atomic E-state index is 6.25. The molecule has 1 aromatic carbocycles. The molecule has 0 bridgehead atoms. The molecule has 1 aliphatic rings. The third kappa shape index (κ3) is 3.26. The maximum Gasteiger partial charge on any atom is 0.0982 e. The van der Waals surface area contributed by atoms with Crippen LogP contribution in [0.2, 0.25) is 0 Å². The molecule has 0 saturated carbocycles. The van der Waals surface area contributed by atoms with E-state index in [1.807, 2.05) is 18.2 Å². The van der Waals surface area contributed by atoms with Gasteiger partial charge in [-0.3, -0.25) is 0 Å². The van der Waals surface area contributed by atoms with Gasteiger partial charge in [-0.15, -0.1) is 11.3 Å². The van der Waals surface area contributed by atoms with Gasteiger partial charge in [0, 0.05) is 30.4 Å². The van der Waals surface area contributed by atoms with E-state index in [-0.39, 0.29) is 6.04 Å². The Morgan fingerprint density at radius 2 is 2.20 bits per heavy atom. The maximum absolute atomic E-state index is 6.25. The third-order valence-corrected chi connectivity index (χ3v) is 4.79. The fraction of sp³-hybridized carbons (Fsp3) is 0.438. The van der Waals surface area contributed by atoms with Gasteiger partial charge in [-0.05, 0) is 18.4 Å². The van der Waals surface area contributed by atoms with E-state index in [2.05, 4.69) is 17.5 Å². The number of aromatic nitrogens is 1. The van der Waals surface area contributed by atoms with Crippen molar-refractivity contribution in [2.45, 2.75) is 31.2 Å². The van der Waals surface area contributed by atoms with E-state index in [0.29, 0.717) is 5.92 Å². The summed E-state index contributed by atoms with van der Waals surface area (Å²) in [6, 6.07) is 10.2. The predicted molar refractivity (Wildman–Crippen MR) is 82.0 cm³/mol. The minimum Gasteiger partial charge on any atom is -0.381 e. The van der Waals surface area contributed by atoms with E-state index in [9.17, 15) is 0 Å². The number of hydrogen-bond donors (Lipinski definition) is 1. The summed E-state index contributed by atoms with van der Waals surface area (Å²) >= 11 is 1.75. The third-order valence-electron chi connectivity index (χ3n) is 3.74. The molecule has 2 atom stereocenters. The Labute approximate surface area is 123 Å². The highest BCUT2D eigenvalue weighted by atomic mass is 32.1. The van der Waals surface area contributed by atoms with Crippen molar-refractivity contribution in [3.8, 4) is 0 Å². The lowest BCUT2D eigenvalue weighted by Crippen LogP contribution is -2.16. The second-order valence-electron chi connectivity index (χ2n) is 5.31. The van der Waals surface area contributed by atoms with Gasteiger partial charge in [0.1, 0.15) is 0 Å². The van der Waals surface area contributed by atoms with Crippen molar-refractivity contribution in [3.05, 3.63) is 52.0 Å². The molecule has 2 unspecified atom stereocenters. The molecule has 0 amide bonds. The predicted octanol–water partition coefficient (Wildman–Crippen LogP) is 3.28. The van der Waals surface area contributed by atoms with Crippen molar-refractivity contribution in [2.75, 3.05) is 13.2 Å². The highest BCUT2D eigenvalue weighted by molar-refractivity contribution is 7.09. The van der Waals surface area contributed by atoms with Crippen LogP contribution in [0.3, 0.4) is 0 Å².